The normalized spacial score (nSPS) is 11.5. The molecule has 0 unspecified atom stereocenters. The van der Waals surface area contributed by atoms with Crippen molar-refractivity contribution in [2.24, 2.45) is 0 Å². The molecule has 4 aromatic rings. The molecule has 0 fully saturated rings. The summed E-state index contributed by atoms with van der Waals surface area (Å²) >= 11 is 1.39. The smallest absolute Gasteiger partial charge is 0.260 e. The Bertz CT molecular complexity index is 1540. The summed E-state index contributed by atoms with van der Waals surface area (Å²) in [5.41, 5.74) is 1.99. The predicted octanol–water partition coefficient (Wildman–Crippen LogP) is 5.54. The van der Waals surface area contributed by atoms with Crippen molar-refractivity contribution in [1.29, 1.82) is 0 Å². The van der Waals surface area contributed by atoms with Gasteiger partial charge in [0.2, 0.25) is 10.0 Å². The largest absolute Gasteiger partial charge is 0.493 e. The molecule has 4 rings (SSSR count). The lowest BCUT2D eigenvalue weighted by Crippen LogP contribution is -2.33. The fraction of sp³-hybridized carbons (Fsp3) is 0.333. The Balaban J connectivity index is 0.00000484. The first-order valence-corrected chi connectivity index (χ1v) is 15.6. The number of aromatic nitrogens is 1. The Morgan fingerprint density at radius 2 is 1.57 bits per heavy atom. The van der Waals surface area contributed by atoms with Gasteiger partial charge in [-0.3, -0.25) is 9.69 Å². The van der Waals surface area contributed by atoms with Crippen LogP contribution in [0.3, 0.4) is 0 Å². The molecule has 0 aliphatic rings. The van der Waals surface area contributed by atoms with Gasteiger partial charge in [0.1, 0.15) is 0 Å². The van der Waals surface area contributed by atoms with E-state index in [0.29, 0.717) is 40.8 Å². The van der Waals surface area contributed by atoms with Crippen molar-refractivity contribution in [3.05, 3.63) is 77.9 Å². The number of fused-ring (bicyclic) bond motifs is 1. The van der Waals surface area contributed by atoms with Gasteiger partial charge in [-0.1, -0.05) is 48.6 Å². The van der Waals surface area contributed by atoms with E-state index in [1.165, 1.54) is 27.8 Å². The minimum Gasteiger partial charge on any atom is -0.493 e. The number of halogens is 1. The number of rotatable bonds is 13. The second-order valence-corrected chi connectivity index (χ2v) is 12.7. The van der Waals surface area contributed by atoms with Crippen LogP contribution in [0.2, 0.25) is 0 Å². The molecule has 3 aromatic carbocycles. The first kappa shape index (κ1) is 33.3. The van der Waals surface area contributed by atoms with Crippen LogP contribution >= 0.6 is 23.7 Å². The number of carbonyl (C=O) groups is 1. The molecule has 0 spiro atoms. The van der Waals surface area contributed by atoms with Gasteiger partial charge in [-0.2, -0.15) is 4.31 Å². The van der Waals surface area contributed by atoms with E-state index in [2.05, 4.69) is 4.90 Å². The van der Waals surface area contributed by atoms with Gasteiger partial charge in [0.05, 0.1) is 29.3 Å². The van der Waals surface area contributed by atoms with Crippen LogP contribution < -0.4 is 14.4 Å². The summed E-state index contributed by atoms with van der Waals surface area (Å²) in [5.74, 6) is 0.903. The molecule has 9 nitrogen and oxygen atoms in total. The Morgan fingerprint density at radius 3 is 2.17 bits per heavy atom. The number of thiazole rings is 1. The lowest BCUT2D eigenvalue weighted by molar-refractivity contribution is 0.0986. The van der Waals surface area contributed by atoms with Gasteiger partial charge in [-0.15, -0.1) is 12.4 Å². The van der Waals surface area contributed by atoms with Crippen LogP contribution in [-0.2, 0) is 16.6 Å². The Kier molecular flexibility index (Phi) is 11.7. The van der Waals surface area contributed by atoms with Crippen LogP contribution in [0.1, 0.15) is 29.3 Å². The molecule has 0 radical (unpaired) electrons. The molecule has 0 atom stereocenters. The molecule has 0 N–H and O–H groups in total. The topological polar surface area (TPSA) is 92.3 Å². The van der Waals surface area contributed by atoms with E-state index in [9.17, 15) is 13.2 Å². The van der Waals surface area contributed by atoms with E-state index < -0.39 is 10.0 Å². The van der Waals surface area contributed by atoms with Crippen LogP contribution in [0.5, 0.6) is 11.5 Å². The molecule has 0 saturated carbocycles. The average molecular weight is 633 g/mol. The van der Waals surface area contributed by atoms with Crippen molar-refractivity contribution < 1.29 is 22.7 Å². The number of anilines is 1. The van der Waals surface area contributed by atoms with E-state index in [1.807, 2.05) is 57.4 Å². The fourth-order valence-electron chi connectivity index (χ4n) is 4.42. The standard InChI is InChI=1S/C30H36N4O5S2.ClH/c1-6-33(21-22-11-8-7-9-12-22)41(36,37)24-15-13-23(14-16-24)29(35)34(18-10-17-32(2)3)30-31-25-19-26(38-4)27(39-5)20-28(25)40-30;/h7-9,11-16,19-20H,6,10,17-18,21H2,1-5H3;1H. The molecule has 1 heterocycles. The lowest BCUT2D eigenvalue weighted by Gasteiger charge is -2.22. The van der Waals surface area contributed by atoms with Crippen molar-refractivity contribution in [3.8, 4) is 11.5 Å². The van der Waals surface area contributed by atoms with Gasteiger partial charge < -0.3 is 14.4 Å². The van der Waals surface area contributed by atoms with Gasteiger partial charge >= 0.3 is 0 Å². The number of sulfonamides is 1. The van der Waals surface area contributed by atoms with Crippen molar-refractivity contribution in [1.82, 2.24) is 14.2 Å². The minimum atomic E-state index is -3.75. The molecule has 1 amide bonds. The molecule has 42 heavy (non-hydrogen) atoms. The fourth-order valence-corrected chi connectivity index (χ4v) is 6.85. The van der Waals surface area contributed by atoms with Crippen LogP contribution in [0, 0.1) is 0 Å². The Hall–Kier alpha value is -3.22. The highest BCUT2D eigenvalue weighted by molar-refractivity contribution is 7.89. The van der Waals surface area contributed by atoms with Crippen molar-refractivity contribution in [3.63, 3.8) is 0 Å². The molecule has 1 aromatic heterocycles. The SMILES string of the molecule is CCN(Cc1ccccc1)S(=O)(=O)c1ccc(C(=O)N(CCCN(C)C)c2nc3cc(OC)c(OC)cc3s2)cc1.Cl. The van der Waals surface area contributed by atoms with Gasteiger partial charge in [0, 0.05) is 37.3 Å². The number of hydrogen-bond donors (Lipinski definition) is 0. The lowest BCUT2D eigenvalue weighted by atomic mass is 10.2. The maximum absolute atomic E-state index is 13.8. The highest BCUT2D eigenvalue weighted by Crippen LogP contribution is 2.37. The van der Waals surface area contributed by atoms with E-state index in [0.717, 1.165) is 23.2 Å². The van der Waals surface area contributed by atoms with E-state index in [-0.39, 0.29) is 29.8 Å². The van der Waals surface area contributed by atoms with Crippen LogP contribution in [0.15, 0.2) is 71.6 Å². The number of carbonyl (C=O) groups excluding carboxylic acids is 1. The van der Waals surface area contributed by atoms with E-state index >= 15 is 0 Å². The summed E-state index contributed by atoms with van der Waals surface area (Å²) in [5, 5.41) is 0.552. The van der Waals surface area contributed by atoms with E-state index in [1.54, 1.807) is 37.3 Å². The number of nitrogens with zero attached hydrogens (tertiary/aromatic N) is 4. The Morgan fingerprint density at radius 1 is 0.929 bits per heavy atom. The Labute approximate surface area is 258 Å². The number of methoxy groups -OCH3 is 2. The molecule has 0 aliphatic carbocycles. The zero-order valence-corrected chi connectivity index (χ0v) is 26.9. The summed E-state index contributed by atoms with van der Waals surface area (Å²) in [7, 11) is 3.37. The highest BCUT2D eigenvalue weighted by atomic mass is 35.5. The van der Waals surface area contributed by atoms with Gasteiger partial charge in [-0.25, -0.2) is 13.4 Å². The van der Waals surface area contributed by atoms with Gasteiger partial charge in [0.25, 0.3) is 5.91 Å². The zero-order valence-electron chi connectivity index (χ0n) is 24.4. The average Bonchev–Trinajstić information content (AvgIpc) is 3.39. The number of amides is 1. The zero-order chi connectivity index (χ0) is 29.6. The first-order chi connectivity index (χ1) is 19.7. The minimum absolute atomic E-state index is 0. The second kappa shape index (κ2) is 14.8. The summed E-state index contributed by atoms with van der Waals surface area (Å²) in [6, 6.07) is 19.3. The van der Waals surface area contributed by atoms with Crippen LogP contribution in [0.4, 0.5) is 5.13 Å². The first-order valence-electron chi connectivity index (χ1n) is 13.3. The number of hydrogen-bond acceptors (Lipinski definition) is 8. The number of ether oxygens (including phenoxy) is 2. The van der Waals surface area contributed by atoms with Crippen LogP contribution in [-0.4, -0.2) is 76.5 Å². The van der Waals surface area contributed by atoms with Crippen molar-refractivity contribution in [2.45, 2.75) is 24.8 Å². The summed E-state index contributed by atoms with van der Waals surface area (Å²) in [4.78, 5) is 22.4. The third-order valence-corrected chi connectivity index (χ3v) is 9.62. The van der Waals surface area contributed by atoms with Crippen molar-refractivity contribution in [2.75, 3.05) is 52.8 Å². The quantitative estimate of drug-likeness (QED) is 0.191. The molecular formula is C30H37ClN4O5S2. The monoisotopic (exact) mass is 632 g/mol. The second-order valence-electron chi connectivity index (χ2n) is 9.73. The molecule has 0 aliphatic heterocycles. The van der Waals surface area contributed by atoms with E-state index in [4.69, 9.17) is 14.5 Å². The number of benzene rings is 3. The van der Waals surface area contributed by atoms with Gasteiger partial charge in [-0.05, 0) is 56.9 Å². The van der Waals surface area contributed by atoms with Crippen LogP contribution in [0.25, 0.3) is 10.2 Å². The molecular weight excluding hydrogens is 596 g/mol. The molecule has 0 bridgehead atoms. The third kappa shape index (κ3) is 7.59. The maximum atomic E-state index is 13.8. The molecule has 226 valence electrons. The summed E-state index contributed by atoms with van der Waals surface area (Å²) in [6.45, 7) is 3.65. The molecule has 0 saturated heterocycles. The highest BCUT2D eigenvalue weighted by Gasteiger charge is 2.26. The maximum Gasteiger partial charge on any atom is 0.260 e. The third-order valence-electron chi connectivity index (χ3n) is 6.64. The summed E-state index contributed by atoms with van der Waals surface area (Å²) < 4.78 is 40.0. The van der Waals surface area contributed by atoms with Crippen molar-refractivity contribution >= 4 is 55.0 Å². The molecule has 12 heteroatoms. The summed E-state index contributed by atoms with van der Waals surface area (Å²) in [6.07, 6.45) is 0.735. The predicted molar refractivity (Wildman–Crippen MR) is 171 cm³/mol. The van der Waals surface area contributed by atoms with Gasteiger partial charge in [0.15, 0.2) is 16.6 Å².